The number of carbonyl (C=O) groups excluding carboxylic acids is 5. The van der Waals surface area contributed by atoms with E-state index in [0.717, 1.165) is 91.6 Å². The van der Waals surface area contributed by atoms with Crippen molar-refractivity contribution >= 4 is 62.7 Å². The number of fused-ring (bicyclic) bond motifs is 6. The van der Waals surface area contributed by atoms with Crippen molar-refractivity contribution in [3.05, 3.63) is 77.7 Å². The number of benzene rings is 3. The van der Waals surface area contributed by atoms with Crippen LogP contribution in [0.15, 0.2) is 60.8 Å². The zero-order valence-corrected chi connectivity index (χ0v) is 40.7. The third kappa shape index (κ3) is 8.39. The third-order valence-electron chi connectivity index (χ3n) is 17.5. The van der Waals surface area contributed by atoms with Crippen molar-refractivity contribution in [2.75, 3.05) is 75.3 Å². The molecule has 2 aromatic heterocycles. The van der Waals surface area contributed by atoms with E-state index in [4.69, 9.17) is 19.7 Å². The Kier molecular flexibility index (Phi) is 11.4. The van der Waals surface area contributed by atoms with E-state index in [2.05, 4.69) is 25.3 Å². The Morgan fingerprint density at radius 1 is 0.795 bits per heavy atom. The van der Waals surface area contributed by atoms with E-state index in [1.165, 1.54) is 12.8 Å². The molecule has 73 heavy (non-hydrogen) atoms. The van der Waals surface area contributed by atoms with Gasteiger partial charge in [-0.05, 0) is 111 Å². The van der Waals surface area contributed by atoms with Crippen LogP contribution in [0, 0.1) is 29.0 Å². The third-order valence-corrected chi connectivity index (χ3v) is 17.5. The number of aromatic nitrogens is 3. The van der Waals surface area contributed by atoms with Crippen LogP contribution in [-0.4, -0.2) is 148 Å². The van der Waals surface area contributed by atoms with E-state index >= 15 is 4.39 Å². The maximum Gasteiger partial charge on any atom is 0.319 e. The molecule has 0 radical (unpaired) electrons. The summed E-state index contributed by atoms with van der Waals surface area (Å²) in [5.74, 6) is -0.474. The van der Waals surface area contributed by atoms with Crippen molar-refractivity contribution in [1.29, 1.82) is 0 Å². The first-order valence-electron chi connectivity index (χ1n) is 26.3. The minimum Gasteiger partial charge on any atom is -0.508 e. The van der Waals surface area contributed by atoms with E-state index in [0.29, 0.717) is 74.5 Å². The van der Waals surface area contributed by atoms with Crippen molar-refractivity contribution < 1.29 is 38.2 Å². The molecule has 5 saturated heterocycles. The van der Waals surface area contributed by atoms with Gasteiger partial charge in [-0.15, -0.1) is 0 Å². The summed E-state index contributed by atoms with van der Waals surface area (Å²) >= 11 is 0. The van der Waals surface area contributed by atoms with Crippen molar-refractivity contribution in [2.24, 2.45) is 23.2 Å². The molecule has 5 unspecified atom stereocenters. The average Bonchev–Trinajstić information content (AvgIpc) is 4.13. The highest BCUT2D eigenvalue weighted by atomic mass is 19.1. The Balaban J connectivity index is 0.658. The van der Waals surface area contributed by atoms with Crippen LogP contribution in [-0.2, 0) is 14.4 Å². The second-order valence-electron chi connectivity index (χ2n) is 22.1. The molecule has 5 aromatic rings. The Bertz CT molecular complexity index is 3100. The van der Waals surface area contributed by atoms with Gasteiger partial charge in [-0.25, -0.2) is 4.39 Å². The summed E-state index contributed by atoms with van der Waals surface area (Å²) in [6, 6.07) is 15.7. The first-order valence-corrected chi connectivity index (χ1v) is 26.3. The van der Waals surface area contributed by atoms with E-state index in [-0.39, 0.29) is 64.2 Å². The molecule has 13 rings (SSSR count). The van der Waals surface area contributed by atoms with Gasteiger partial charge in [-0.3, -0.25) is 44.1 Å². The number of carbonyl (C=O) groups is 5. The molecule has 6 aliphatic heterocycles. The van der Waals surface area contributed by atoms with Crippen molar-refractivity contribution in [3.63, 3.8) is 0 Å². The Morgan fingerprint density at radius 2 is 1.53 bits per heavy atom. The molecular weight excluding hydrogens is 932 g/mol. The van der Waals surface area contributed by atoms with E-state index in [1.807, 2.05) is 35.2 Å². The molecule has 3 N–H and O–H groups in total. The largest absolute Gasteiger partial charge is 0.508 e. The number of anilines is 2. The van der Waals surface area contributed by atoms with Crippen LogP contribution in [0.4, 0.5) is 15.9 Å². The Hall–Kier alpha value is -6.79. The molecule has 2 aliphatic carbocycles. The maximum atomic E-state index is 17.2. The van der Waals surface area contributed by atoms with Gasteiger partial charge in [0.15, 0.2) is 5.82 Å². The number of piperazine rings is 2. The summed E-state index contributed by atoms with van der Waals surface area (Å²) in [7, 11) is 0. The fourth-order valence-corrected chi connectivity index (χ4v) is 13.1. The van der Waals surface area contributed by atoms with Crippen molar-refractivity contribution in [3.8, 4) is 23.0 Å². The highest BCUT2D eigenvalue weighted by Crippen LogP contribution is 2.48. The van der Waals surface area contributed by atoms with Gasteiger partial charge in [0, 0.05) is 106 Å². The van der Waals surface area contributed by atoms with Gasteiger partial charge in [-0.1, -0.05) is 24.3 Å². The van der Waals surface area contributed by atoms with Crippen molar-refractivity contribution in [1.82, 2.24) is 40.3 Å². The number of nitrogens with zero attached hydrogens (tertiary/aromatic N) is 8. The number of nitrogens with one attached hydrogen (secondary N) is 2. The Morgan fingerprint density at radius 3 is 2.26 bits per heavy atom. The molecule has 7 fully saturated rings. The summed E-state index contributed by atoms with van der Waals surface area (Å²) < 4.78 is 23.8. The number of rotatable bonds is 10. The normalized spacial score (nSPS) is 26.1. The van der Waals surface area contributed by atoms with Gasteiger partial charge < -0.3 is 29.9 Å². The SMILES string of the molecule is O=C1CCC(N2C(=O)c3ccc(N4CCC(C(=O)N5CCN(CC6(COc7nc(N8CC9CC%10CCC%10CC(C8)N9)c8cnc(-c9cc(O)cc%10ccccc9%10)c(F)c8n7)CC6)CC5)CC4)cc3C2=O)C(=O)N1. The fourth-order valence-electron chi connectivity index (χ4n) is 13.1. The number of phenolic OH excluding ortho intramolecular Hbond substituents is 1. The van der Waals surface area contributed by atoms with Gasteiger partial charge in [0.25, 0.3) is 11.8 Å². The van der Waals surface area contributed by atoms with Crippen LogP contribution < -0.4 is 25.2 Å². The zero-order chi connectivity index (χ0) is 49.7. The number of aromatic hydroxyl groups is 1. The number of hydrogen-bond donors (Lipinski definition) is 3. The summed E-state index contributed by atoms with van der Waals surface area (Å²) in [5.41, 5.74) is 1.91. The zero-order valence-electron chi connectivity index (χ0n) is 40.7. The first-order chi connectivity index (χ1) is 35.4. The second kappa shape index (κ2) is 18.0. The van der Waals surface area contributed by atoms with Gasteiger partial charge in [0.2, 0.25) is 17.7 Å². The highest BCUT2D eigenvalue weighted by molar-refractivity contribution is 6.23. The van der Waals surface area contributed by atoms with Gasteiger partial charge in [-0.2, -0.15) is 9.97 Å². The number of halogens is 1. The van der Waals surface area contributed by atoms with E-state index in [1.54, 1.807) is 30.5 Å². The standard InChI is InChI=1S/C55H59FN10O7/c56-46-47(41-25-38(67)23-34-3-1-2-4-39(34)41)57-26-43-48(46)60-54(61-49(43)65-27-35-21-32-5-6-33(32)22-36(28-65)58-35)73-30-55(13-14-55)29-62-17-19-64(20-18-62)51(70)31-11-15-63(16-12-31)37-7-8-40-42(24-37)53(72)66(52(40)71)44-9-10-45(68)59-50(44)69/h1-4,7-8,23-26,31-33,35-36,44,58,67H,5-6,9-22,27-30H2,(H,59,68,69). The maximum absolute atomic E-state index is 17.2. The second-order valence-corrected chi connectivity index (χ2v) is 22.1. The number of imide groups is 2. The number of ether oxygens (including phenoxy) is 1. The summed E-state index contributed by atoms with van der Waals surface area (Å²) in [6.45, 7) is 6.71. The van der Waals surface area contributed by atoms with Gasteiger partial charge in [0.1, 0.15) is 28.8 Å². The molecule has 378 valence electrons. The fraction of sp³-hybridized carbons (Fsp3) is 0.491. The number of amides is 5. The molecule has 5 atom stereocenters. The lowest BCUT2D eigenvalue weighted by Gasteiger charge is -2.40. The lowest BCUT2D eigenvalue weighted by Crippen LogP contribution is -2.56. The van der Waals surface area contributed by atoms with Crippen LogP contribution in [0.5, 0.6) is 11.8 Å². The Labute approximate surface area is 421 Å². The quantitative estimate of drug-likeness (QED) is 0.153. The summed E-state index contributed by atoms with van der Waals surface area (Å²) in [5, 5.41) is 18.9. The average molecular weight is 991 g/mol. The van der Waals surface area contributed by atoms with Crippen LogP contribution in [0.25, 0.3) is 32.9 Å². The molecular formula is C55H59FN10O7. The lowest BCUT2D eigenvalue weighted by molar-refractivity contribution is -0.138. The minimum absolute atomic E-state index is 0.0265. The molecule has 5 amide bonds. The van der Waals surface area contributed by atoms with Crippen LogP contribution in [0.1, 0.15) is 84.9 Å². The highest BCUT2D eigenvalue weighted by Gasteiger charge is 2.47. The topological polar surface area (TPSA) is 194 Å². The molecule has 18 heteroatoms. The lowest BCUT2D eigenvalue weighted by atomic mass is 9.69. The van der Waals surface area contributed by atoms with Crippen LogP contribution >= 0.6 is 0 Å². The van der Waals surface area contributed by atoms with Crippen LogP contribution in [0.2, 0.25) is 0 Å². The van der Waals surface area contributed by atoms with E-state index in [9.17, 15) is 29.1 Å². The van der Waals surface area contributed by atoms with Gasteiger partial charge >= 0.3 is 6.01 Å². The molecule has 8 aliphatic rings. The monoisotopic (exact) mass is 990 g/mol. The predicted molar refractivity (Wildman–Crippen MR) is 269 cm³/mol. The molecule has 0 spiro atoms. The minimum atomic E-state index is -1.02. The smallest absolute Gasteiger partial charge is 0.319 e. The number of pyridine rings is 1. The summed E-state index contributed by atoms with van der Waals surface area (Å²) in [6.07, 6.45) is 9.96. The van der Waals surface area contributed by atoms with Crippen molar-refractivity contribution in [2.45, 2.75) is 82.3 Å². The number of phenols is 1. The molecule has 2 bridgehead atoms. The van der Waals surface area contributed by atoms with Crippen LogP contribution in [0.3, 0.4) is 0 Å². The van der Waals surface area contributed by atoms with Gasteiger partial charge in [0.05, 0.1) is 23.1 Å². The number of piperidine rings is 2. The molecule has 8 heterocycles. The predicted octanol–water partition coefficient (Wildman–Crippen LogP) is 5.28. The molecule has 2 saturated carbocycles. The summed E-state index contributed by atoms with van der Waals surface area (Å²) in [4.78, 5) is 89.3. The number of hydrogen-bond acceptors (Lipinski definition) is 14. The first kappa shape index (κ1) is 46.0. The molecule has 3 aromatic carbocycles. The van der Waals surface area contributed by atoms with E-state index < -0.39 is 35.5 Å². The molecule has 17 nitrogen and oxygen atoms in total.